The van der Waals surface area contributed by atoms with Gasteiger partial charge in [-0.1, -0.05) is 0 Å². The van der Waals surface area contributed by atoms with E-state index in [4.69, 9.17) is 5.73 Å². The molecule has 0 spiro atoms. The zero-order valence-electron chi connectivity index (χ0n) is 14.3. The van der Waals surface area contributed by atoms with Crippen LogP contribution in [-0.2, 0) is 9.59 Å². The number of halogens is 2. The second-order valence-corrected chi connectivity index (χ2v) is 6.09. The van der Waals surface area contributed by atoms with Crippen LogP contribution in [0.5, 0.6) is 0 Å². The van der Waals surface area contributed by atoms with Gasteiger partial charge in [-0.25, -0.2) is 0 Å². The minimum absolute atomic E-state index is 0. The number of nitrogens with two attached hydrogens (primary N) is 1. The number of rotatable bonds is 5. The van der Waals surface area contributed by atoms with Crippen molar-refractivity contribution in [3.05, 3.63) is 18.5 Å². The van der Waals surface area contributed by atoms with Crippen LogP contribution in [0.2, 0.25) is 0 Å². The third kappa shape index (κ3) is 5.09. The fraction of sp³-hybridized carbons (Fsp3) is 0.667. The number of likely N-dealkylation sites (tertiary alicyclic amines) is 1. The summed E-state index contributed by atoms with van der Waals surface area (Å²) >= 11 is 0. The predicted molar refractivity (Wildman–Crippen MR) is 97.4 cm³/mol. The Morgan fingerprint density at radius 1 is 1.42 bits per heavy atom. The van der Waals surface area contributed by atoms with Gasteiger partial charge in [-0.05, 0) is 38.8 Å². The molecule has 0 bridgehead atoms. The SMILES string of the molecule is CC1CC(CN)CN1C(=O)CN(C)C(=O)C(C)n1cccn1.Cl.Cl. The van der Waals surface area contributed by atoms with Crippen LogP contribution in [0.25, 0.3) is 0 Å². The van der Waals surface area contributed by atoms with Gasteiger partial charge in [0, 0.05) is 32.0 Å². The summed E-state index contributed by atoms with van der Waals surface area (Å²) in [6.07, 6.45) is 4.31. The van der Waals surface area contributed by atoms with Gasteiger partial charge in [-0.3, -0.25) is 14.3 Å². The van der Waals surface area contributed by atoms with Crippen LogP contribution < -0.4 is 5.73 Å². The first kappa shape index (κ1) is 22.7. The summed E-state index contributed by atoms with van der Waals surface area (Å²) in [6, 6.07) is 1.54. The molecule has 138 valence electrons. The van der Waals surface area contributed by atoms with E-state index in [1.165, 1.54) is 4.90 Å². The van der Waals surface area contributed by atoms with Crippen LogP contribution in [0.3, 0.4) is 0 Å². The van der Waals surface area contributed by atoms with Crippen molar-refractivity contribution in [2.75, 3.05) is 26.7 Å². The Balaban J connectivity index is 0.00000264. The maximum Gasteiger partial charge on any atom is 0.247 e. The van der Waals surface area contributed by atoms with Crippen molar-refractivity contribution in [1.29, 1.82) is 0 Å². The van der Waals surface area contributed by atoms with Crippen LogP contribution >= 0.6 is 24.8 Å². The highest BCUT2D eigenvalue weighted by Crippen LogP contribution is 2.22. The van der Waals surface area contributed by atoms with Gasteiger partial charge in [0.25, 0.3) is 0 Å². The number of nitrogens with zero attached hydrogens (tertiary/aromatic N) is 4. The second-order valence-electron chi connectivity index (χ2n) is 6.09. The molecule has 1 saturated heterocycles. The Kier molecular flexibility index (Phi) is 9.32. The molecule has 1 aliphatic heterocycles. The molecule has 1 aromatic rings. The molecule has 9 heteroatoms. The number of amides is 2. The molecule has 3 unspecified atom stereocenters. The Bertz CT molecular complexity index is 526. The first-order valence-corrected chi connectivity index (χ1v) is 7.67. The van der Waals surface area contributed by atoms with Crippen molar-refractivity contribution in [2.24, 2.45) is 11.7 Å². The molecule has 0 saturated carbocycles. The molecular weight excluding hydrogens is 353 g/mol. The fourth-order valence-corrected chi connectivity index (χ4v) is 2.97. The summed E-state index contributed by atoms with van der Waals surface area (Å²) in [5, 5.41) is 4.07. The van der Waals surface area contributed by atoms with Crippen LogP contribution in [0.1, 0.15) is 26.3 Å². The largest absolute Gasteiger partial charge is 0.338 e. The van der Waals surface area contributed by atoms with E-state index in [1.54, 1.807) is 37.1 Å². The van der Waals surface area contributed by atoms with E-state index >= 15 is 0 Å². The average molecular weight is 380 g/mol. The summed E-state index contributed by atoms with van der Waals surface area (Å²) in [5.74, 6) is 0.217. The predicted octanol–water partition coefficient (Wildman–Crippen LogP) is 0.942. The van der Waals surface area contributed by atoms with Crippen LogP contribution in [-0.4, -0.2) is 64.1 Å². The fourth-order valence-electron chi connectivity index (χ4n) is 2.97. The molecule has 1 aliphatic rings. The van der Waals surface area contributed by atoms with E-state index < -0.39 is 6.04 Å². The molecule has 0 radical (unpaired) electrons. The van der Waals surface area contributed by atoms with Crippen molar-refractivity contribution in [3.8, 4) is 0 Å². The van der Waals surface area contributed by atoms with Crippen molar-refractivity contribution in [2.45, 2.75) is 32.4 Å². The zero-order valence-corrected chi connectivity index (χ0v) is 15.9. The Hall–Kier alpha value is -1.31. The highest BCUT2D eigenvalue weighted by molar-refractivity contribution is 5.86. The number of hydrogen-bond donors (Lipinski definition) is 1. The lowest BCUT2D eigenvalue weighted by Crippen LogP contribution is -2.44. The quantitative estimate of drug-likeness (QED) is 0.824. The summed E-state index contributed by atoms with van der Waals surface area (Å²) < 4.78 is 1.59. The topological polar surface area (TPSA) is 84.5 Å². The zero-order chi connectivity index (χ0) is 16.3. The first-order valence-electron chi connectivity index (χ1n) is 7.67. The van der Waals surface area contributed by atoms with E-state index in [-0.39, 0.29) is 49.2 Å². The second kappa shape index (κ2) is 9.86. The van der Waals surface area contributed by atoms with Gasteiger partial charge in [0.15, 0.2) is 0 Å². The van der Waals surface area contributed by atoms with E-state index in [9.17, 15) is 9.59 Å². The maximum absolute atomic E-state index is 12.4. The maximum atomic E-state index is 12.4. The monoisotopic (exact) mass is 379 g/mol. The molecule has 2 amide bonds. The lowest BCUT2D eigenvalue weighted by atomic mass is 10.1. The van der Waals surface area contributed by atoms with Gasteiger partial charge in [0.2, 0.25) is 11.8 Å². The van der Waals surface area contributed by atoms with Crippen LogP contribution in [0, 0.1) is 5.92 Å². The Labute approximate surface area is 155 Å². The molecule has 2 rings (SSSR count). The summed E-state index contributed by atoms with van der Waals surface area (Å²) in [6.45, 7) is 5.18. The Morgan fingerprint density at radius 3 is 2.58 bits per heavy atom. The van der Waals surface area contributed by atoms with Gasteiger partial charge in [0.1, 0.15) is 6.04 Å². The summed E-state index contributed by atoms with van der Waals surface area (Å²) in [7, 11) is 1.65. The normalized spacial score (nSPS) is 20.8. The lowest BCUT2D eigenvalue weighted by Gasteiger charge is -2.26. The minimum atomic E-state index is -0.416. The van der Waals surface area contributed by atoms with Crippen molar-refractivity contribution in [1.82, 2.24) is 19.6 Å². The van der Waals surface area contributed by atoms with Gasteiger partial charge >= 0.3 is 0 Å². The number of carbonyl (C=O) groups is 2. The van der Waals surface area contributed by atoms with Crippen molar-refractivity contribution < 1.29 is 9.59 Å². The van der Waals surface area contributed by atoms with Gasteiger partial charge in [-0.15, -0.1) is 24.8 Å². The lowest BCUT2D eigenvalue weighted by molar-refractivity contribution is -0.141. The third-order valence-electron chi connectivity index (χ3n) is 4.34. The molecule has 3 atom stereocenters. The van der Waals surface area contributed by atoms with E-state index in [0.29, 0.717) is 19.0 Å². The van der Waals surface area contributed by atoms with E-state index in [0.717, 1.165) is 6.42 Å². The number of carbonyl (C=O) groups excluding carboxylic acids is 2. The van der Waals surface area contributed by atoms with Crippen LogP contribution in [0.15, 0.2) is 18.5 Å². The van der Waals surface area contributed by atoms with Gasteiger partial charge < -0.3 is 15.5 Å². The number of aromatic nitrogens is 2. The van der Waals surface area contributed by atoms with Gasteiger partial charge in [-0.2, -0.15) is 5.10 Å². The molecule has 1 fully saturated rings. The molecular formula is C15H27Cl2N5O2. The smallest absolute Gasteiger partial charge is 0.247 e. The van der Waals surface area contributed by atoms with E-state index in [1.807, 2.05) is 11.8 Å². The molecule has 0 aromatic carbocycles. The summed E-state index contributed by atoms with van der Waals surface area (Å²) in [5.41, 5.74) is 5.69. The highest BCUT2D eigenvalue weighted by atomic mass is 35.5. The molecule has 7 nitrogen and oxygen atoms in total. The van der Waals surface area contributed by atoms with Crippen molar-refractivity contribution in [3.63, 3.8) is 0 Å². The molecule has 2 N–H and O–H groups in total. The number of hydrogen-bond acceptors (Lipinski definition) is 4. The van der Waals surface area contributed by atoms with Crippen molar-refractivity contribution >= 4 is 36.6 Å². The van der Waals surface area contributed by atoms with Crippen LogP contribution in [0.4, 0.5) is 0 Å². The molecule has 0 aliphatic carbocycles. The average Bonchev–Trinajstić information content (AvgIpc) is 3.14. The molecule has 1 aromatic heterocycles. The molecule has 24 heavy (non-hydrogen) atoms. The molecule has 2 heterocycles. The minimum Gasteiger partial charge on any atom is -0.338 e. The van der Waals surface area contributed by atoms with E-state index in [2.05, 4.69) is 5.10 Å². The third-order valence-corrected chi connectivity index (χ3v) is 4.34. The Morgan fingerprint density at radius 2 is 2.08 bits per heavy atom. The summed E-state index contributed by atoms with van der Waals surface area (Å²) in [4.78, 5) is 28.1. The first-order chi connectivity index (χ1) is 10.4. The number of likely N-dealkylation sites (N-methyl/N-ethyl adjacent to an activating group) is 1. The van der Waals surface area contributed by atoms with Gasteiger partial charge in [0.05, 0.1) is 6.54 Å². The highest BCUT2D eigenvalue weighted by Gasteiger charge is 2.32. The standard InChI is InChI=1S/C15H25N5O2.2ClH/c1-11-7-13(8-16)9-19(11)14(21)10-18(3)15(22)12(2)20-6-4-5-17-20;;/h4-6,11-13H,7-10,16H2,1-3H3;2*1H.